The quantitative estimate of drug-likeness (QED) is 0.729. The molecule has 2 heterocycles. The molecule has 1 aromatic heterocycles. The zero-order valence-corrected chi connectivity index (χ0v) is 15.8. The molecule has 1 fully saturated rings. The van der Waals surface area contributed by atoms with E-state index in [4.69, 9.17) is 4.74 Å². The number of carbonyl (C=O) groups excluding carboxylic acids is 1. The summed E-state index contributed by atoms with van der Waals surface area (Å²) in [6.07, 6.45) is 2.27. The van der Waals surface area contributed by atoms with Gasteiger partial charge in [0.2, 0.25) is 0 Å². The van der Waals surface area contributed by atoms with Crippen LogP contribution in [0.4, 0.5) is 0 Å². The van der Waals surface area contributed by atoms with Gasteiger partial charge in [-0.3, -0.25) is 0 Å². The lowest BCUT2D eigenvalue weighted by molar-refractivity contribution is 0.0606. The van der Waals surface area contributed by atoms with Crippen LogP contribution in [0.1, 0.15) is 35.9 Å². The number of nitrogens with zero attached hydrogens (tertiary/aromatic N) is 1. The molecule has 0 aliphatic carbocycles. The van der Waals surface area contributed by atoms with Gasteiger partial charge in [0.1, 0.15) is 4.88 Å². The van der Waals surface area contributed by atoms with Gasteiger partial charge in [-0.1, -0.05) is 6.92 Å². The number of sulfonamides is 1. The number of nitrogens with one attached hydrogen (secondary N) is 1. The minimum atomic E-state index is -3.74. The zero-order valence-electron chi connectivity index (χ0n) is 14.2. The number of hydrogen-bond donors (Lipinski definition) is 1. The van der Waals surface area contributed by atoms with Crippen LogP contribution in [-0.4, -0.2) is 58.6 Å². The maximum absolute atomic E-state index is 13.2. The summed E-state index contributed by atoms with van der Waals surface area (Å²) < 4.78 is 37.9. The SMILES string of the molecule is CCCN(C1CCNCC1)S(=O)(=O)c1sc(C(=O)OC)cc1OC. The maximum atomic E-state index is 13.2. The molecular weight excluding hydrogens is 352 g/mol. The summed E-state index contributed by atoms with van der Waals surface area (Å²) in [7, 11) is -1.07. The van der Waals surface area contributed by atoms with Crippen LogP contribution in [0.2, 0.25) is 0 Å². The van der Waals surface area contributed by atoms with Gasteiger partial charge in [-0.25, -0.2) is 13.2 Å². The average molecular weight is 377 g/mol. The number of ether oxygens (including phenoxy) is 2. The van der Waals surface area contributed by atoms with Gasteiger partial charge < -0.3 is 14.8 Å². The minimum absolute atomic E-state index is 0.0374. The van der Waals surface area contributed by atoms with Gasteiger partial charge in [-0.2, -0.15) is 4.31 Å². The van der Waals surface area contributed by atoms with E-state index in [2.05, 4.69) is 10.1 Å². The molecule has 0 radical (unpaired) electrons. The summed E-state index contributed by atoms with van der Waals surface area (Å²) in [6.45, 7) is 4.00. The molecule has 136 valence electrons. The van der Waals surface area contributed by atoms with E-state index in [0.29, 0.717) is 6.54 Å². The fourth-order valence-electron chi connectivity index (χ4n) is 2.80. The van der Waals surface area contributed by atoms with Crippen LogP contribution in [0.25, 0.3) is 0 Å². The fraction of sp³-hybridized carbons (Fsp3) is 0.667. The molecule has 0 saturated carbocycles. The van der Waals surface area contributed by atoms with Gasteiger partial charge in [-0.05, 0) is 32.4 Å². The number of piperidine rings is 1. The van der Waals surface area contributed by atoms with Gasteiger partial charge in [-0.15, -0.1) is 11.3 Å². The molecule has 1 N–H and O–H groups in total. The third-order valence-corrected chi connectivity index (χ3v) is 7.52. The lowest BCUT2D eigenvalue weighted by atomic mass is 10.1. The molecule has 0 bridgehead atoms. The van der Waals surface area contributed by atoms with Crippen molar-refractivity contribution in [2.24, 2.45) is 0 Å². The Morgan fingerprint density at radius 3 is 2.58 bits per heavy atom. The number of methoxy groups -OCH3 is 2. The Labute approximate surface area is 147 Å². The second-order valence-electron chi connectivity index (χ2n) is 5.55. The second-order valence-corrected chi connectivity index (χ2v) is 8.69. The van der Waals surface area contributed by atoms with Gasteiger partial charge in [0.15, 0.2) is 9.96 Å². The highest BCUT2D eigenvalue weighted by Crippen LogP contribution is 2.37. The van der Waals surface area contributed by atoms with Gasteiger partial charge >= 0.3 is 5.97 Å². The van der Waals surface area contributed by atoms with Gasteiger partial charge in [0, 0.05) is 18.7 Å². The van der Waals surface area contributed by atoms with E-state index in [-0.39, 0.29) is 20.9 Å². The molecule has 1 saturated heterocycles. The highest BCUT2D eigenvalue weighted by Gasteiger charge is 2.36. The molecule has 1 aliphatic heterocycles. The van der Waals surface area contributed by atoms with Crippen molar-refractivity contribution in [3.8, 4) is 5.75 Å². The predicted molar refractivity (Wildman–Crippen MR) is 92.3 cm³/mol. The third kappa shape index (κ3) is 3.90. The largest absolute Gasteiger partial charge is 0.494 e. The third-order valence-electron chi connectivity index (χ3n) is 3.98. The Hall–Kier alpha value is -1.16. The van der Waals surface area contributed by atoms with Crippen molar-refractivity contribution in [3.63, 3.8) is 0 Å². The molecule has 0 aromatic carbocycles. The molecule has 2 rings (SSSR count). The van der Waals surface area contributed by atoms with E-state index < -0.39 is 16.0 Å². The lowest BCUT2D eigenvalue weighted by Crippen LogP contribution is -2.46. The normalized spacial score (nSPS) is 16.3. The average Bonchev–Trinajstić information content (AvgIpc) is 3.05. The predicted octanol–water partition coefficient (Wildman–Crippen LogP) is 1.70. The van der Waals surface area contributed by atoms with Crippen LogP contribution >= 0.6 is 11.3 Å². The Kier molecular flexibility index (Phi) is 6.62. The molecule has 1 aromatic rings. The van der Waals surface area contributed by atoms with Crippen LogP contribution < -0.4 is 10.1 Å². The molecule has 9 heteroatoms. The standard InChI is InChI=1S/C15H24N2O5S2/c1-4-9-17(11-5-7-16-8-6-11)24(19,20)15-12(21-2)10-13(23-15)14(18)22-3/h10-11,16H,4-9H2,1-3H3. The van der Waals surface area contributed by atoms with Crippen molar-refractivity contribution in [1.82, 2.24) is 9.62 Å². The van der Waals surface area contributed by atoms with Crippen LogP contribution in [-0.2, 0) is 14.8 Å². The highest BCUT2D eigenvalue weighted by atomic mass is 32.2. The molecular formula is C15H24N2O5S2. The van der Waals surface area contributed by atoms with E-state index in [9.17, 15) is 13.2 Å². The van der Waals surface area contributed by atoms with E-state index >= 15 is 0 Å². The molecule has 0 amide bonds. The number of hydrogen-bond acceptors (Lipinski definition) is 7. The smallest absolute Gasteiger partial charge is 0.348 e. The topological polar surface area (TPSA) is 84.9 Å². The highest BCUT2D eigenvalue weighted by molar-refractivity contribution is 7.91. The molecule has 1 aliphatic rings. The first-order valence-electron chi connectivity index (χ1n) is 7.94. The first-order valence-corrected chi connectivity index (χ1v) is 10.2. The summed E-state index contributed by atoms with van der Waals surface area (Å²) in [5.41, 5.74) is 0. The van der Waals surface area contributed by atoms with Crippen molar-refractivity contribution in [2.45, 2.75) is 36.4 Å². The molecule has 0 unspecified atom stereocenters. The summed E-state index contributed by atoms with van der Waals surface area (Å²) >= 11 is 0.897. The molecule has 7 nitrogen and oxygen atoms in total. The summed E-state index contributed by atoms with van der Waals surface area (Å²) in [4.78, 5) is 12.0. The Morgan fingerprint density at radius 1 is 1.38 bits per heavy atom. The van der Waals surface area contributed by atoms with E-state index in [1.807, 2.05) is 6.92 Å². The van der Waals surface area contributed by atoms with Crippen molar-refractivity contribution in [3.05, 3.63) is 10.9 Å². The molecule has 0 atom stereocenters. The number of rotatable bonds is 7. The van der Waals surface area contributed by atoms with Crippen molar-refractivity contribution >= 4 is 27.3 Å². The lowest BCUT2D eigenvalue weighted by Gasteiger charge is -2.33. The van der Waals surface area contributed by atoms with Crippen LogP contribution in [0.15, 0.2) is 10.3 Å². The summed E-state index contributed by atoms with van der Waals surface area (Å²) in [5.74, 6) is -0.376. The number of thiophene rings is 1. The Balaban J connectivity index is 2.42. The first kappa shape index (κ1) is 19.2. The van der Waals surface area contributed by atoms with E-state index in [0.717, 1.165) is 43.7 Å². The number of carbonyl (C=O) groups is 1. The minimum Gasteiger partial charge on any atom is -0.494 e. The summed E-state index contributed by atoms with van der Waals surface area (Å²) in [6, 6.07) is 1.39. The Bertz CT molecular complexity index is 665. The fourth-order valence-corrected chi connectivity index (χ4v) is 6.19. The maximum Gasteiger partial charge on any atom is 0.348 e. The zero-order chi connectivity index (χ0) is 17.7. The molecule has 0 spiro atoms. The van der Waals surface area contributed by atoms with Gasteiger partial charge in [0.05, 0.1) is 14.2 Å². The van der Waals surface area contributed by atoms with Crippen LogP contribution in [0.3, 0.4) is 0 Å². The second kappa shape index (κ2) is 8.28. The monoisotopic (exact) mass is 376 g/mol. The van der Waals surface area contributed by atoms with Gasteiger partial charge in [0.25, 0.3) is 10.0 Å². The van der Waals surface area contributed by atoms with E-state index in [1.54, 1.807) is 4.31 Å². The molecule has 24 heavy (non-hydrogen) atoms. The first-order chi connectivity index (χ1) is 11.5. The van der Waals surface area contributed by atoms with Crippen molar-refractivity contribution in [2.75, 3.05) is 33.9 Å². The van der Waals surface area contributed by atoms with Crippen LogP contribution in [0.5, 0.6) is 5.75 Å². The van der Waals surface area contributed by atoms with Crippen LogP contribution in [0, 0.1) is 0 Å². The van der Waals surface area contributed by atoms with Crippen molar-refractivity contribution < 1.29 is 22.7 Å². The Morgan fingerprint density at radius 2 is 2.04 bits per heavy atom. The summed E-state index contributed by atoms with van der Waals surface area (Å²) in [5, 5.41) is 3.25. The number of esters is 1. The van der Waals surface area contributed by atoms with E-state index in [1.165, 1.54) is 20.3 Å². The van der Waals surface area contributed by atoms with Crippen molar-refractivity contribution in [1.29, 1.82) is 0 Å².